The Bertz CT molecular complexity index is 387. The molecule has 2 aliphatic heterocycles. The van der Waals surface area contributed by atoms with Crippen molar-refractivity contribution in [3.8, 4) is 0 Å². The molecule has 0 aliphatic carbocycles. The second-order valence-electron chi connectivity index (χ2n) is 7.32. The normalized spacial score (nSPS) is 23.3. The van der Waals surface area contributed by atoms with Crippen LogP contribution in [-0.4, -0.2) is 74.5 Å². The van der Waals surface area contributed by atoms with Gasteiger partial charge in [-0.3, -0.25) is 4.99 Å². The molecule has 6 heteroatoms. The summed E-state index contributed by atoms with van der Waals surface area (Å²) in [6.45, 7) is 14.2. The van der Waals surface area contributed by atoms with Crippen molar-refractivity contribution in [2.75, 3.05) is 58.4 Å². The van der Waals surface area contributed by atoms with Crippen LogP contribution in [0.15, 0.2) is 4.99 Å². The van der Waals surface area contributed by atoms with Gasteiger partial charge in [-0.15, -0.1) is 0 Å². The van der Waals surface area contributed by atoms with Gasteiger partial charge < -0.3 is 19.7 Å². The number of guanidine groups is 1. The van der Waals surface area contributed by atoms with E-state index in [1.165, 1.54) is 5.75 Å². The highest BCUT2D eigenvalue weighted by molar-refractivity contribution is 8.00. The van der Waals surface area contributed by atoms with Gasteiger partial charge in [0.2, 0.25) is 0 Å². The summed E-state index contributed by atoms with van der Waals surface area (Å²) in [5.41, 5.74) is 0. The quantitative estimate of drug-likeness (QED) is 0.404. The van der Waals surface area contributed by atoms with Crippen LogP contribution in [0.4, 0.5) is 0 Å². The van der Waals surface area contributed by atoms with Gasteiger partial charge in [-0.1, -0.05) is 13.8 Å². The fourth-order valence-corrected chi connectivity index (χ4v) is 4.51. The molecule has 1 atom stereocenters. The zero-order chi connectivity index (χ0) is 17.9. The summed E-state index contributed by atoms with van der Waals surface area (Å²) in [6.07, 6.45) is 3.29. The summed E-state index contributed by atoms with van der Waals surface area (Å²) >= 11 is 2.11. The van der Waals surface area contributed by atoms with Crippen LogP contribution in [0.3, 0.4) is 0 Å². The Morgan fingerprint density at radius 1 is 1.36 bits per heavy atom. The number of ether oxygens (including phenoxy) is 2. The first-order chi connectivity index (χ1) is 12.2. The number of nitrogens with one attached hydrogen (secondary N) is 1. The van der Waals surface area contributed by atoms with Crippen LogP contribution in [0.25, 0.3) is 0 Å². The van der Waals surface area contributed by atoms with E-state index in [1.807, 2.05) is 0 Å². The van der Waals surface area contributed by atoms with Crippen LogP contribution >= 0.6 is 11.8 Å². The number of thioether (sulfide) groups is 1. The van der Waals surface area contributed by atoms with Crippen molar-refractivity contribution < 1.29 is 9.47 Å². The molecule has 0 bridgehead atoms. The minimum Gasteiger partial charge on any atom is -0.381 e. The highest BCUT2D eigenvalue weighted by Crippen LogP contribution is 2.24. The van der Waals surface area contributed by atoms with Crippen molar-refractivity contribution in [1.82, 2.24) is 10.2 Å². The molecule has 1 unspecified atom stereocenters. The van der Waals surface area contributed by atoms with Crippen molar-refractivity contribution in [2.24, 2.45) is 16.8 Å². The van der Waals surface area contributed by atoms with Crippen LogP contribution < -0.4 is 5.32 Å². The SMILES string of the molecule is CCNC(=NCCCOCC1CCOCC1)N1CCSC(C(C)C)C1. The van der Waals surface area contributed by atoms with Gasteiger partial charge >= 0.3 is 0 Å². The van der Waals surface area contributed by atoms with Crippen molar-refractivity contribution in [2.45, 2.75) is 45.3 Å². The van der Waals surface area contributed by atoms with E-state index in [9.17, 15) is 0 Å². The van der Waals surface area contributed by atoms with Crippen LogP contribution in [0, 0.1) is 11.8 Å². The van der Waals surface area contributed by atoms with Crippen molar-refractivity contribution in [3.63, 3.8) is 0 Å². The molecule has 0 spiro atoms. The van der Waals surface area contributed by atoms with E-state index in [2.05, 4.69) is 42.7 Å². The Morgan fingerprint density at radius 3 is 2.88 bits per heavy atom. The molecule has 2 rings (SSSR count). The molecule has 2 heterocycles. The molecule has 5 nitrogen and oxygen atoms in total. The van der Waals surface area contributed by atoms with Crippen molar-refractivity contribution in [1.29, 1.82) is 0 Å². The number of rotatable bonds is 8. The van der Waals surface area contributed by atoms with Crippen molar-refractivity contribution >= 4 is 17.7 Å². The van der Waals surface area contributed by atoms with Crippen LogP contribution in [-0.2, 0) is 9.47 Å². The molecular formula is C19H37N3O2S. The number of aliphatic imine (C=N–C) groups is 1. The summed E-state index contributed by atoms with van der Waals surface area (Å²) in [5, 5.41) is 4.18. The predicted octanol–water partition coefficient (Wildman–Crippen LogP) is 2.86. The summed E-state index contributed by atoms with van der Waals surface area (Å²) in [5.74, 6) is 3.68. The minimum absolute atomic E-state index is 0.688. The topological polar surface area (TPSA) is 46.1 Å². The van der Waals surface area contributed by atoms with Gasteiger partial charge in [0, 0.05) is 63.6 Å². The maximum Gasteiger partial charge on any atom is 0.193 e. The number of hydrogen-bond donors (Lipinski definition) is 1. The van der Waals surface area contributed by atoms with E-state index in [4.69, 9.17) is 14.5 Å². The molecular weight excluding hydrogens is 334 g/mol. The molecule has 0 radical (unpaired) electrons. The van der Waals surface area contributed by atoms with E-state index in [-0.39, 0.29) is 0 Å². The number of nitrogens with zero attached hydrogens (tertiary/aromatic N) is 2. The molecule has 2 fully saturated rings. The number of hydrogen-bond acceptors (Lipinski definition) is 4. The summed E-state index contributed by atoms with van der Waals surface area (Å²) in [4.78, 5) is 7.28. The Kier molecular flexibility index (Phi) is 10.0. The van der Waals surface area contributed by atoms with Gasteiger partial charge in [0.15, 0.2) is 5.96 Å². The smallest absolute Gasteiger partial charge is 0.193 e. The van der Waals surface area contributed by atoms with Crippen LogP contribution in [0.5, 0.6) is 0 Å². The first-order valence-electron chi connectivity index (χ1n) is 10.0. The van der Waals surface area contributed by atoms with E-state index in [0.29, 0.717) is 17.1 Å². The molecule has 1 N–H and O–H groups in total. The second-order valence-corrected chi connectivity index (χ2v) is 8.67. The Balaban J connectivity index is 1.67. The monoisotopic (exact) mass is 371 g/mol. The Morgan fingerprint density at radius 2 is 2.16 bits per heavy atom. The Labute approximate surface area is 158 Å². The molecule has 2 saturated heterocycles. The second kappa shape index (κ2) is 12.0. The average Bonchev–Trinajstić information content (AvgIpc) is 2.64. The van der Waals surface area contributed by atoms with Gasteiger partial charge in [-0.2, -0.15) is 11.8 Å². The van der Waals surface area contributed by atoms with E-state index < -0.39 is 0 Å². The third-order valence-corrected chi connectivity index (χ3v) is 6.41. The predicted molar refractivity (Wildman–Crippen MR) is 108 cm³/mol. The van der Waals surface area contributed by atoms with Crippen molar-refractivity contribution in [3.05, 3.63) is 0 Å². The van der Waals surface area contributed by atoms with Gasteiger partial charge in [-0.05, 0) is 38.0 Å². The summed E-state index contributed by atoms with van der Waals surface area (Å²) in [7, 11) is 0. The highest BCUT2D eigenvalue weighted by Gasteiger charge is 2.24. The van der Waals surface area contributed by atoms with Crippen LogP contribution in [0.1, 0.15) is 40.0 Å². The van der Waals surface area contributed by atoms with Crippen LogP contribution in [0.2, 0.25) is 0 Å². The lowest BCUT2D eigenvalue weighted by molar-refractivity contribution is 0.0205. The maximum atomic E-state index is 5.85. The lowest BCUT2D eigenvalue weighted by Crippen LogP contribution is -2.49. The molecule has 0 aromatic rings. The van der Waals surface area contributed by atoms with E-state index in [0.717, 1.165) is 77.8 Å². The molecule has 0 aromatic heterocycles. The molecule has 0 amide bonds. The lowest BCUT2D eigenvalue weighted by Gasteiger charge is -2.36. The summed E-state index contributed by atoms with van der Waals surface area (Å²) < 4.78 is 11.2. The minimum atomic E-state index is 0.688. The standard InChI is InChI=1S/C19H37N3O2S/c1-4-20-19(22-9-13-25-18(14-22)16(2)3)21-8-5-10-24-15-17-6-11-23-12-7-17/h16-18H,4-15H2,1-3H3,(H,20,21). The van der Waals surface area contributed by atoms with Gasteiger partial charge in [0.25, 0.3) is 0 Å². The highest BCUT2D eigenvalue weighted by atomic mass is 32.2. The molecule has 25 heavy (non-hydrogen) atoms. The Hall–Kier alpha value is -0.460. The zero-order valence-corrected chi connectivity index (χ0v) is 17.2. The summed E-state index contributed by atoms with van der Waals surface area (Å²) in [6, 6.07) is 0. The molecule has 0 saturated carbocycles. The largest absolute Gasteiger partial charge is 0.381 e. The van der Waals surface area contributed by atoms with Gasteiger partial charge in [-0.25, -0.2) is 0 Å². The first kappa shape index (κ1) is 20.8. The third-order valence-electron chi connectivity index (χ3n) is 4.87. The molecule has 2 aliphatic rings. The lowest BCUT2D eigenvalue weighted by atomic mass is 10.0. The maximum absolute atomic E-state index is 5.85. The van der Waals surface area contributed by atoms with Gasteiger partial charge in [0.1, 0.15) is 0 Å². The molecule has 146 valence electrons. The zero-order valence-electron chi connectivity index (χ0n) is 16.3. The van der Waals surface area contributed by atoms with E-state index in [1.54, 1.807) is 0 Å². The fourth-order valence-electron chi connectivity index (χ4n) is 3.21. The van der Waals surface area contributed by atoms with Gasteiger partial charge in [0.05, 0.1) is 0 Å². The first-order valence-corrected chi connectivity index (χ1v) is 11.1. The third kappa shape index (κ3) is 7.75. The average molecular weight is 372 g/mol. The van der Waals surface area contributed by atoms with E-state index >= 15 is 0 Å². The molecule has 0 aromatic carbocycles. The fraction of sp³-hybridized carbons (Fsp3) is 0.947.